The lowest BCUT2D eigenvalue weighted by molar-refractivity contribution is -0.119. The summed E-state index contributed by atoms with van der Waals surface area (Å²) < 4.78 is 0. The summed E-state index contributed by atoms with van der Waals surface area (Å²) in [4.78, 5) is 11.1. The van der Waals surface area contributed by atoms with Crippen molar-refractivity contribution in [2.45, 2.75) is 44.9 Å². The van der Waals surface area contributed by atoms with Gasteiger partial charge >= 0.3 is 0 Å². The van der Waals surface area contributed by atoms with Gasteiger partial charge in [-0.2, -0.15) is 0 Å². The maximum Gasteiger partial charge on any atom is 0.134 e. The molecule has 0 aromatic rings. The molecule has 2 N–H and O–H groups in total. The lowest BCUT2D eigenvalue weighted by Crippen LogP contribution is -2.08. The van der Waals surface area contributed by atoms with E-state index in [0.29, 0.717) is 18.7 Å². The first-order valence-electron chi connectivity index (χ1n) is 5.04. The molecular formula is C10H19NO. The minimum Gasteiger partial charge on any atom is -0.330 e. The molecular weight excluding hydrogens is 150 g/mol. The van der Waals surface area contributed by atoms with Crippen molar-refractivity contribution < 1.29 is 4.79 Å². The molecule has 0 unspecified atom stereocenters. The van der Waals surface area contributed by atoms with Crippen LogP contribution in [0.5, 0.6) is 0 Å². The molecule has 1 rings (SSSR count). The summed E-state index contributed by atoms with van der Waals surface area (Å²) in [7, 11) is 0. The van der Waals surface area contributed by atoms with E-state index in [1.807, 2.05) is 0 Å². The minimum absolute atomic E-state index is 0.351. The van der Waals surface area contributed by atoms with Crippen LogP contribution in [0.2, 0.25) is 0 Å². The molecule has 0 aromatic carbocycles. The van der Waals surface area contributed by atoms with Crippen LogP contribution in [0.15, 0.2) is 0 Å². The first-order chi connectivity index (χ1) is 5.83. The lowest BCUT2D eigenvalue weighted by atomic mass is 9.99. The van der Waals surface area contributed by atoms with Crippen LogP contribution < -0.4 is 5.73 Å². The van der Waals surface area contributed by atoms with E-state index >= 15 is 0 Å². The van der Waals surface area contributed by atoms with Crippen molar-refractivity contribution in [1.82, 2.24) is 0 Å². The van der Waals surface area contributed by atoms with Crippen LogP contribution in [-0.4, -0.2) is 12.3 Å². The Labute approximate surface area is 74.5 Å². The highest BCUT2D eigenvalue weighted by Crippen LogP contribution is 2.28. The number of carbonyl (C=O) groups is 1. The van der Waals surface area contributed by atoms with Gasteiger partial charge in [0.25, 0.3) is 0 Å². The Balaban J connectivity index is 2.03. The monoisotopic (exact) mass is 169 g/mol. The zero-order chi connectivity index (χ0) is 8.81. The third kappa shape index (κ3) is 3.35. The van der Waals surface area contributed by atoms with Crippen molar-refractivity contribution in [2.24, 2.45) is 11.7 Å². The Hall–Kier alpha value is -0.370. The van der Waals surface area contributed by atoms with Crippen molar-refractivity contribution >= 4 is 5.78 Å². The number of ketones is 1. The quantitative estimate of drug-likeness (QED) is 0.682. The average molecular weight is 169 g/mol. The number of rotatable bonds is 5. The molecule has 1 aliphatic carbocycles. The zero-order valence-electron chi connectivity index (χ0n) is 7.72. The predicted octanol–water partition coefficient (Wildman–Crippen LogP) is 1.87. The second-order valence-corrected chi connectivity index (χ2v) is 3.77. The molecule has 0 aromatic heterocycles. The van der Waals surface area contributed by atoms with Crippen molar-refractivity contribution in [1.29, 1.82) is 0 Å². The summed E-state index contributed by atoms with van der Waals surface area (Å²) in [6.07, 6.45) is 7.88. The fourth-order valence-electron chi connectivity index (χ4n) is 1.95. The molecule has 1 fully saturated rings. The first-order valence-corrected chi connectivity index (χ1v) is 5.04. The van der Waals surface area contributed by atoms with Crippen molar-refractivity contribution in [3.8, 4) is 0 Å². The normalized spacial score (nSPS) is 18.4. The van der Waals surface area contributed by atoms with Crippen molar-refractivity contribution in [3.63, 3.8) is 0 Å². The smallest absolute Gasteiger partial charge is 0.134 e. The van der Waals surface area contributed by atoms with E-state index in [9.17, 15) is 4.79 Å². The highest BCUT2D eigenvalue weighted by molar-refractivity contribution is 5.78. The second-order valence-electron chi connectivity index (χ2n) is 3.77. The number of Topliss-reactive ketones (excluding diaryl/α,β-unsaturated/α-hetero) is 1. The Morgan fingerprint density at radius 2 is 1.92 bits per heavy atom. The van der Waals surface area contributed by atoms with Crippen LogP contribution in [-0.2, 0) is 4.79 Å². The van der Waals surface area contributed by atoms with Crippen LogP contribution in [0.3, 0.4) is 0 Å². The van der Waals surface area contributed by atoms with Gasteiger partial charge in [-0.3, -0.25) is 4.79 Å². The van der Waals surface area contributed by atoms with Gasteiger partial charge in [0.1, 0.15) is 5.78 Å². The van der Waals surface area contributed by atoms with Gasteiger partial charge in [-0.15, -0.1) is 0 Å². The van der Waals surface area contributed by atoms with Gasteiger partial charge in [0.05, 0.1) is 0 Å². The Kier molecular flexibility index (Phi) is 4.30. The van der Waals surface area contributed by atoms with E-state index in [1.54, 1.807) is 0 Å². The Morgan fingerprint density at radius 1 is 1.25 bits per heavy atom. The van der Waals surface area contributed by atoms with Gasteiger partial charge in [-0.25, -0.2) is 0 Å². The van der Waals surface area contributed by atoms with E-state index in [4.69, 9.17) is 5.73 Å². The third-order valence-electron chi connectivity index (χ3n) is 2.73. The Bertz CT molecular complexity index is 139. The molecule has 0 heterocycles. The molecule has 2 nitrogen and oxygen atoms in total. The Morgan fingerprint density at radius 3 is 2.50 bits per heavy atom. The summed E-state index contributed by atoms with van der Waals surface area (Å²) in [5, 5.41) is 0. The van der Waals surface area contributed by atoms with Crippen LogP contribution >= 0.6 is 0 Å². The fraction of sp³-hybridized carbons (Fsp3) is 0.900. The molecule has 12 heavy (non-hydrogen) atoms. The highest BCUT2D eigenvalue weighted by atomic mass is 16.1. The number of carbonyl (C=O) groups excluding carboxylic acids is 1. The van der Waals surface area contributed by atoms with Crippen LogP contribution in [0.4, 0.5) is 0 Å². The van der Waals surface area contributed by atoms with Gasteiger partial charge in [-0.1, -0.05) is 25.7 Å². The van der Waals surface area contributed by atoms with Crippen LogP contribution in [0.25, 0.3) is 0 Å². The summed E-state index contributed by atoms with van der Waals surface area (Å²) >= 11 is 0. The zero-order valence-corrected chi connectivity index (χ0v) is 7.72. The van der Waals surface area contributed by atoms with Gasteiger partial charge in [-0.05, 0) is 18.9 Å². The largest absolute Gasteiger partial charge is 0.330 e. The molecule has 1 saturated carbocycles. The SMILES string of the molecule is NCCC(=O)CCC1CCCC1. The van der Waals surface area contributed by atoms with E-state index in [2.05, 4.69) is 0 Å². The minimum atomic E-state index is 0.351. The molecule has 0 spiro atoms. The first kappa shape index (κ1) is 9.72. The molecule has 0 amide bonds. The molecule has 0 aliphatic heterocycles. The number of hydrogen-bond donors (Lipinski definition) is 1. The van der Waals surface area contributed by atoms with Gasteiger partial charge < -0.3 is 5.73 Å². The second kappa shape index (κ2) is 5.31. The summed E-state index contributed by atoms with van der Waals surface area (Å²) in [5.74, 6) is 1.19. The molecule has 0 saturated heterocycles. The van der Waals surface area contributed by atoms with E-state index in [0.717, 1.165) is 18.8 Å². The van der Waals surface area contributed by atoms with E-state index < -0.39 is 0 Å². The number of nitrogens with two attached hydrogens (primary N) is 1. The molecule has 2 heteroatoms. The van der Waals surface area contributed by atoms with Gasteiger partial charge in [0.15, 0.2) is 0 Å². The molecule has 70 valence electrons. The van der Waals surface area contributed by atoms with Crippen LogP contribution in [0.1, 0.15) is 44.9 Å². The maximum absolute atomic E-state index is 11.1. The predicted molar refractivity (Wildman–Crippen MR) is 49.9 cm³/mol. The van der Waals surface area contributed by atoms with Gasteiger partial charge in [0.2, 0.25) is 0 Å². The number of hydrogen-bond acceptors (Lipinski definition) is 2. The van der Waals surface area contributed by atoms with E-state index in [-0.39, 0.29) is 0 Å². The topological polar surface area (TPSA) is 43.1 Å². The summed E-state index contributed by atoms with van der Waals surface area (Å²) in [5.41, 5.74) is 5.29. The van der Waals surface area contributed by atoms with Crippen molar-refractivity contribution in [3.05, 3.63) is 0 Å². The average Bonchev–Trinajstić information content (AvgIpc) is 2.53. The lowest BCUT2D eigenvalue weighted by Gasteiger charge is -2.06. The van der Waals surface area contributed by atoms with Crippen LogP contribution in [0, 0.1) is 5.92 Å². The van der Waals surface area contributed by atoms with Gasteiger partial charge in [0, 0.05) is 12.8 Å². The third-order valence-corrected chi connectivity index (χ3v) is 2.73. The highest BCUT2D eigenvalue weighted by Gasteiger charge is 2.15. The maximum atomic E-state index is 11.1. The molecule has 0 bridgehead atoms. The summed E-state index contributed by atoms with van der Waals surface area (Å²) in [6.45, 7) is 0.517. The standard InChI is InChI=1S/C10H19NO/c11-8-7-10(12)6-5-9-3-1-2-4-9/h9H,1-8,11H2. The van der Waals surface area contributed by atoms with E-state index in [1.165, 1.54) is 25.7 Å². The fourth-order valence-corrected chi connectivity index (χ4v) is 1.95. The summed E-state index contributed by atoms with van der Waals surface area (Å²) in [6, 6.07) is 0. The molecule has 0 radical (unpaired) electrons. The van der Waals surface area contributed by atoms with Crippen molar-refractivity contribution in [2.75, 3.05) is 6.54 Å². The molecule has 0 atom stereocenters. The molecule has 1 aliphatic rings.